The molecule has 2 aliphatic heterocycles. The van der Waals surface area contributed by atoms with Crippen LogP contribution in [0, 0.1) is 11.8 Å². The Balaban J connectivity index is 1.74. The molecule has 5 nitrogen and oxygen atoms in total. The number of rotatable bonds is 3. The number of piperidine rings is 1. The summed E-state index contributed by atoms with van der Waals surface area (Å²) in [5.74, 6) is 1.74. The van der Waals surface area contributed by atoms with Crippen LogP contribution in [0.1, 0.15) is 25.7 Å². The predicted octanol–water partition coefficient (Wildman–Crippen LogP) is 1.64. The van der Waals surface area contributed by atoms with Gasteiger partial charge in [0, 0.05) is 19.6 Å². The van der Waals surface area contributed by atoms with Gasteiger partial charge in [0.25, 0.3) is 0 Å². The first-order chi connectivity index (χ1) is 9.16. The predicted molar refractivity (Wildman–Crippen MR) is 75.4 cm³/mol. The average Bonchev–Trinajstić information content (AvgIpc) is 2.46. The average molecular weight is 286 g/mol. The molecule has 2 heterocycles. The summed E-state index contributed by atoms with van der Waals surface area (Å²) in [6, 6.07) is -0.0958. The quantitative estimate of drug-likeness (QED) is 0.827. The van der Waals surface area contributed by atoms with E-state index in [0.29, 0.717) is 25.4 Å². The minimum absolute atomic E-state index is 0.0958. The Morgan fingerprint density at radius 3 is 2.84 bits per heavy atom. The molecule has 6 heteroatoms. The number of nitrogens with one attached hydrogen (secondary N) is 1. The molecule has 2 unspecified atom stereocenters. The second-order valence-electron chi connectivity index (χ2n) is 5.39. The minimum Gasteiger partial charge on any atom is -0.481 e. The van der Waals surface area contributed by atoms with Crippen molar-refractivity contribution in [2.24, 2.45) is 11.8 Å². The van der Waals surface area contributed by atoms with Gasteiger partial charge in [0.1, 0.15) is 0 Å². The van der Waals surface area contributed by atoms with Gasteiger partial charge in [0.05, 0.1) is 5.92 Å². The van der Waals surface area contributed by atoms with E-state index < -0.39 is 11.9 Å². The van der Waals surface area contributed by atoms with E-state index in [1.54, 1.807) is 4.90 Å². The highest BCUT2D eigenvalue weighted by atomic mass is 32.2. The number of hydrogen-bond acceptors (Lipinski definition) is 3. The molecule has 0 bridgehead atoms. The SMILES string of the molecule is O=C(O)C1CCCN(C(=O)NCC2CCCSC2)C1. The second-order valence-corrected chi connectivity index (χ2v) is 6.54. The fourth-order valence-corrected chi connectivity index (χ4v) is 3.83. The third kappa shape index (κ3) is 4.30. The number of amides is 2. The van der Waals surface area contributed by atoms with Crippen molar-refractivity contribution in [3.63, 3.8) is 0 Å². The molecular weight excluding hydrogens is 264 g/mol. The van der Waals surface area contributed by atoms with Gasteiger partial charge < -0.3 is 15.3 Å². The van der Waals surface area contributed by atoms with Crippen LogP contribution in [0.2, 0.25) is 0 Å². The Morgan fingerprint density at radius 2 is 2.16 bits per heavy atom. The Kier molecular flexibility index (Phi) is 5.36. The summed E-state index contributed by atoms with van der Waals surface area (Å²) >= 11 is 1.95. The molecular formula is C13H22N2O3S. The largest absolute Gasteiger partial charge is 0.481 e. The number of urea groups is 1. The lowest BCUT2D eigenvalue weighted by Crippen LogP contribution is -2.48. The molecule has 0 saturated carbocycles. The van der Waals surface area contributed by atoms with Crippen molar-refractivity contribution in [3.8, 4) is 0 Å². The third-order valence-corrected chi connectivity index (χ3v) is 5.14. The number of carbonyl (C=O) groups is 2. The van der Waals surface area contributed by atoms with E-state index in [2.05, 4.69) is 5.32 Å². The van der Waals surface area contributed by atoms with Crippen LogP contribution in [0.5, 0.6) is 0 Å². The van der Waals surface area contributed by atoms with E-state index in [9.17, 15) is 9.59 Å². The van der Waals surface area contributed by atoms with Crippen molar-refractivity contribution in [3.05, 3.63) is 0 Å². The number of hydrogen-bond donors (Lipinski definition) is 2. The fourth-order valence-electron chi connectivity index (χ4n) is 2.68. The van der Waals surface area contributed by atoms with Crippen LogP contribution in [0.15, 0.2) is 0 Å². The summed E-state index contributed by atoms with van der Waals surface area (Å²) < 4.78 is 0. The second kappa shape index (κ2) is 7.03. The Bertz CT molecular complexity index is 332. The molecule has 2 rings (SSSR count). The van der Waals surface area contributed by atoms with Crippen LogP contribution in [0.4, 0.5) is 4.79 Å². The first kappa shape index (κ1) is 14.5. The molecule has 0 aromatic rings. The molecule has 0 radical (unpaired) electrons. The van der Waals surface area contributed by atoms with Crippen molar-refractivity contribution >= 4 is 23.8 Å². The Morgan fingerprint density at radius 1 is 1.32 bits per heavy atom. The normalized spacial score (nSPS) is 27.9. The zero-order valence-electron chi connectivity index (χ0n) is 11.1. The van der Waals surface area contributed by atoms with Crippen molar-refractivity contribution in [1.29, 1.82) is 0 Å². The first-order valence-corrected chi connectivity index (χ1v) is 8.15. The van der Waals surface area contributed by atoms with Gasteiger partial charge in [-0.3, -0.25) is 4.79 Å². The summed E-state index contributed by atoms with van der Waals surface area (Å²) in [6.45, 7) is 1.75. The number of nitrogens with zero attached hydrogens (tertiary/aromatic N) is 1. The number of carboxylic acid groups (broad SMARTS) is 1. The summed E-state index contributed by atoms with van der Waals surface area (Å²) in [5, 5.41) is 12.0. The molecule has 2 atom stereocenters. The maximum absolute atomic E-state index is 12.0. The molecule has 0 aromatic heterocycles. The van der Waals surface area contributed by atoms with Crippen LogP contribution >= 0.6 is 11.8 Å². The maximum atomic E-state index is 12.0. The van der Waals surface area contributed by atoms with E-state index in [4.69, 9.17) is 5.11 Å². The van der Waals surface area contributed by atoms with E-state index in [0.717, 1.165) is 18.7 Å². The smallest absolute Gasteiger partial charge is 0.317 e. The molecule has 19 heavy (non-hydrogen) atoms. The van der Waals surface area contributed by atoms with Crippen molar-refractivity contribution in [1.82, 2.24) is 10.2 Å². The standard InChI is InChI=1S/C13H22N2O3S/c16-12(17)11-4-1-5-15(8-11)13(18)14-7-10-3-2-6-19-9-10/h10-11H,1-9H2,(H,14,18)(H,16,17). The fraction of sp³-hybridized carbons (Fsp3) is 0.846. The van der Waals surface area contributed by atoms with E-state index in [1.807, 2.05) is 11.8 Å². The van der Waals surface area contributed by atoms with Crippen LogP contribution < -0.4 is 5.32 Å². The minimum atomic E-state index is -0.791. The highest BCUT2D eigenvalue weighted by Gasteiger charge is 2.28. The van der Waals surface area contributed by atoms with Crippen LogP contribution in [-0.4, -0.2) is 53.1 Å². The Hall–Kier alpha value is -0.910. The highest BCUT2D eigenvalue weighted by Crippen LogP contribution is 2.22. The monoisotopic (exact) mass is 286 g/mol. The molecule has 2 fully saturated rings. The zero-order valence-corrected chi connectivity index (χ0v) is 12.0. The molecule has 2 aliphatic rings. The number of likely N-dealkylation sites (tertiary alicyclic amines) is 1. The topological polar surface area (TPSA) is 69.6 Å². The van der Waals surface area contributed by atoms with Crippen molar-refractivity contribution in [2.45, 2.75) is 25.7 Å². The van der Waals surface area contributed by atoms with Crippen molar-refractivity contribution in [2.75, 3.05) is 31.1 Å². The molecule has 108 valence electrons. The Labute approximate surface area is 118 Å². The zero-order chi connectivity index (χ0) is 13.7. The van der Waals surface area contributed by atoms with Gasteiger partial charge in [0.2, 0.25) is 0 Å². The van der Waals surface area contributed by atoms with Gasteiger partial charge in [-0.1, -0.05) is 0 Å². The number of carbonyl (C=O) groups excluding carboxylic acids is 1. The lowest BCUT2D eigenvalue weighted by molar-refractivity contribution is -0.143. The van der Waals surface area contributed by atoms with Crippen LogP contribution in [-0.2, 0) is 4.79 Å². The lowest BCUT2D eigenvalue weighted by Gasteiger charge is -2.31. The molecule has 2 N–H and O–H groups in total. The molecule has 0 spiro atoms. The van der Waals surface area contributed by atoms with Gasteiger partial charge >= 0.3 is 12.0 Å². The van der Waals surface area contributed by atoms with Gasteiger partial charge in [-0.15, -0.1) is 0 Å². The van der Waals surface area contributed by atoms with Gasteiger partial charge in [-0.25, -0.2) is 4.79 Å². The van der Waals surface area contributed by atoms with E-state index >= 15 is 0 Å². The number of aliphatic carboxylic acids is 1. The molecule has 2 amide bonds. The van der Waals surface area contributed by atoms with E-state index in [1.165, 1.54) is 18.6 Å². The van der Waals surface area contributed by atoms with E-state index in [-0.39, 0.29) is 6.03 Å². The first-order valence-electron chi connectivity index (χ1n) is 7.00. The van der Waals surface area contributed by atoms with Crippen molar-refractivity contribution < 1.29 is 14.7 Å². The summed E-state index contributed by atoms with van der Waals surface area (Å²) in [7, 11) is 0. The lowest BCUT2D eigenvalue weighted by atomic mass is 9.99. The summed E-state index contributed by atoms with van der Waals surface area (Å²) in [5.41, 5.74) is 0. The summed E-state index contributed by atoms with van der Waals surface area (Å²) in [4.78, 5) is 24.6. The molecule has 2 saturated heterocycles. The van der Waals surface area contributed by atoms with Gasteiger partial charge in [-0.05, 0) is 43.1 Å². The highest BCUT2D eigenvalue weighted by molar-refractivity contribution is 7.99. The summed E-state index contributed by atoms with van der Waals surface area (Å²) in [6.07, 6.45) is 3.88. The third-order valence-electron chi connectivity index (χ3n) is 3.85. The van der Waals surface area contributed by atoms with Gasteiger partial charge in [0.15, 0.2) is 0 Å². The van der Waals surface area contributed by atoms with Crippen LogP contribution in [0.25, 0.3) is 0 Å². The molecule has 0 aromatic carbocycles. The van der Waals surface area contributed by atoms with Gasteiger partial charge in [-0.2, -0.15) is 11.8 Å². The van der Waals surface area contributed by atoms with Crippen LogP contribution in [0.3, 0.4) is 0 Å². The molecule has 0 aliphatic carbocycles. The maximum Gasteiger partial charge on any atom is 0.317 e. The number of carboxylic acids is 1. The number of thioether (sulfide) groups is 1.